The molecular weight excluding hydrogens is 308 g/mol. The minimum Gasteiger partial charge on any atom is -0.481 e. The molecule has 0 fully saturated rings. The van der Waals surface area contributed by atoms with Crippen molar-refractivity contribution in [3.05, 3.63) is 40.8 Å². The third-order valence-electron chi connectivity index (χ3n) is 4.13. The molecule has 0 amide bonds. The van der Waals surface area contributed by atoms with Gasteiger partial charge in [0, 0.05) is 13.0 Å². The van der Waals surface area contributed by atoms with E-state index in [1.165, 1.54) is 11.1 Å². The number of carboxylic acid groups (broad SMARTS) is 1. The number of nitrogens with zero attached hydrogens (tertiary/aromatic N) is 2. The van der Waals surface area contributed by atoms with Crippen LogP contribution in [-0.4, -0.2) is 20.6 Å². The highest BCUT2D eigenvalue weighted by Crippen LogP contribution is 2.30. The van der Waals surface area contributed by atoms with Crippen molar-refractivity contribution in [3.8, 4) is 10.7 Å². The molecule has 4 nitrogen and oxygen atoms in total. The van der Waals surface area contributed by atoms with Crippen molar-refractivity contribution in [1.29, 1.82) is 0 Å². The van der Waals surface area contributed by atoms with Gasteiger partial charge in [-0.25, -0.2) is 4.98 Å². The number of fused-ring (bicyclic) bond motifs is 1. The van der Waals surface area contributed by atoms with Gasteiger partial charge in [-0.1, -0.05) is 6.07 Å². The van der Waals surface area contributed by atoms with Crippen molar-refractivity contribution >= 4 is 28.3 Å². The van der Waals surface area contributed by atoms with E-state index >= 15 is 0 Å². The molecule has 0 saturated heterocycles. The molecular formula is C18H20N2O2S. The van der Waals surface area contributed by atoms with Crippen LogP contribution in [0.2, 0.25) is 0 Å². The van der Waals surface area contributed by atoms with Crippen LogP contribution < -0.4 is 0 Å². The first-order valence-electron chi connectivity index (χ1n) is 7.79. The molecule has 1 aromatic carbocycles. The fourth-order valence-electron chi connectivity index (χ4n) is 2.75. The summed E-state index contributed by atoms with van der Waals surface area (Å²) in [6.07, 6.45) is 1.74. The molecule has 0 aliphatic rings. The monoisotopic (exact) mass is 328 g/mol. The lowest BCUT2D eigenvalue weighted by Gasteiger charge is -2.09. The molecule has 0 bridgehead atoms. The molecule has 23 heavy (non-hydrogen) atoms. The zero-order valence-electron chi connectivity index (χ0n) is 13.4. The average Bonchev–Trinajstić information content (AvgIpc) is 3.12. The predicted octanol–water partition coefficient (Wildman–Crippen LogP) is 4.64. The first-order chi connectivity index (χ1) is 11.1. The standard InChI is InChI=1S/C18H20N2O2S/c1-12-10-14-15(11-13(12)2)20(8-4-3-7-17(21)22)18(19-14)16-6-5-9-23-16/h5-6,9-11H,3-4,7-8H2,1-2H3,(H,21,22). The van der Waals surface area contributed by atoms with Crippen LogP contribution in [0.5, 0.6) is 0 Å². The first kappa shape index (κ1) is 15.7. The van der Waals surface area contributed by atoms with Crippen LogP contribution in [0.15, 0.2) is 29.6 Å². The van der Waals surface area contributed by atoms with Crippen LogP contribution in [0.25, 0.3) is 21.7 Å². The van der Waals surface area contributed by atoms with Crippen LogP contribution in [0, 0.1) is 13.8 Å². The van der Waals surface area contributed by atoms with Crippen molar-refractivity contribution in [2.24, 2.45) is 0 Å². The van der Waals surface area contributed by atoms with Crippen LogP contribution in [0.1, 0.15) is 30.4 Å². The number of rotatable bonds is 6. The van der Waals surface area contributed by atoms with E-state index in [0.29, 0.717) is 6.42 Å². The minimum absolute atomic E-state index is 0.221. The highest BCUT2D eigenvalue weighted by molar-refractivity contribution is 7.13. The Morgan fingerprint density at radius 1 is 1.26 bits per heavy atom. The number of imidazole rings is 1. The molecule has 0 saturated carbocycles. The molecule has 120 valence electrons. The van der Waals surface area contributed by atoms with Gasteiger partial charge in [-0.15, -0.1) is 11.3 Å². The number of benzene rings is 1. The van der Waals surface area contributed by atoms with E-state index < -0.39 is 5.97 Å². The second-order valence-corrected chi connectivity index (χ2v) is 6.79. The van der Waals surface area contributed by atoms with Gasteiger partial charge in [0.1, 0.15) is 0 Å². The number of hydrogen-bond donors (Lipinski definition) is 1. The lowest BCUT2D eigenvalue weighted by Crippen LogP contribution is -2.02. The quantitative estimate of drug-likeness (QED) is 0.671. The molecule has 0 radical (unpaired) electrons. The summed E-state index contributed by atoms with van der Waals surface area (Å²) in [5.74, 6) is 0.251. The second-order valence-electron chi connectivity index (χ2n) is 5.84. The van der Waals surface area contributed by atoms with Crippen LogP contribution in [0.4, 0.5) is 0 Å². The number of thiophene rings is 1. The maximum Gasteiger partial charge on any atom is 0.303 e. The Labute approximate surface area is 139 Å². The maximum absolute atomic E-state index is 10.7. The van der Waals surface area contributed by atoms with Crippen LogP contribution >= 0.6 is 11.3 Å². The van der Waals surface area contributed by atoms with E-state index in [1.54, 1.807) is 11.3 Å². The van der Waals surface area contributed by atoms with Gasteiger partial charge in [-0.05, 0) is 61.4 Å². The Morgan fingerprint density at radius 2 is 2.04 bits per heavy atom. The minimum atomic E-state index is -0.731. The summed E-state index contributed by atoms with van der Waals surface area (Å²) in [6.45, 7) is 5.01. The lowest BCUT2D eigenvalue weighted by atomic mass is 10.1. The smallest absolute Gasteiger partial charge is 0.303 e. The molecule has 2 aromatic heterocycles. The number of carboxylic acids is 1. The van der Waals surface area contributed by atoms with Gasteiger partial charge in [0.2, 0.25) is 0 Å². The van der Waals surface area contributed by atoms with Gasteiger partial charge in [0.05, 0.1) is 15.9 Å². The summed E-state index contributed by atoms with van der Waals surface area (Å²) in [6, 6.07) is 8.44. The molecule has 0 unspecified atom stereocenters. The molecule has 0 spiro atoms. The number of carbonyl (C=O) groups is 1. The van der Waals surface area contributed by atoms with E-state index in [0.717, 1.165) is 34.7 Å². The topological polar surface area (TPSA) is 55.1 Å². The van der Waals surface area contributed by atoms with Crippen molar-refractivity contribution in [1.82, 2.24) is 9.55 Å². The predicted molar refractivity (Wildman–Crippen MR) is 94.0 cm³/mol. The van der Waals surface area contributed by atoms with Crippen molar-refractivity contribution in [3.63, 3.8) is 0 Å². The van der Waals surface area contributed by atoms with E-state index in [9.17, 15) is 4.79 Å². The Bertz CT molecular complexity index is 834. The van der Waals surface area contributed by atoms with Gasteiger partial charge < -0.3 is 9.67 Å². The van der Waals surface area contributed by atoms with Crippen LogP contribution in [0.3, 0.4) is 0 Å². The zero-order valence-corrected chi connectivity index (χ0v) is 14.2. The third-order valence-corrected chi connectivity index (χ3v) is 4.99. The fraction of sp³-hybridized carbons (Fsp3) is 0.333. The summed E-state index contributed by atoms with van der Waals surface area (Å²) in [7, 11) is 0. The zero-order chi connectivity index (χ0) is 16.4. The molecule has 0 atom stereocenters. The second kappa shape index (κ2) is 6.54. The van der Waals surface area contributed by atoms with Crippen molar-refractivity contribution < 1.29 is 9.90 Å². The SMILES string of the molecule is Cc1cc2nc(-c3cccs3)n(CCCCC(=O)O)c2cc1C. The summed E-state index contributed by atoms with van der Waals surface area (Å²) in [5.41, 5.74) is 4.63. The number of unbranched alkanes of at least 4 members (excludes halogenated alkanes) is 1. The van der Waals surface area contributed by atoms with Crippen LogP contribution in [-0.2, 0) is 11.3 Å². The van der Waals surface area contributed by atoms with Gasteiger partial charge >= 0.3 is 5.97 Å². The molecule has 3 rings (SSSR count). The number of hydrogen-bond acceptors (Lipinski definition) is 3. The van der Waals surface area contributed by atoms with Gasteiger partial charge in [-0.3, -0.25) is 4.79 Å². The van der Waals surface area contributed by atoms with E-state index in [1.807, 2.05) is 6.07 Å². The number of aliphatic carboxylic acids is 1. The van der Waals surface area contributed by atoms with Gasteiger partial charge in [0.15, 0.2) is 5.82 Å². The maximum atomic E-state index is 10.7. The number of aryl methyl sites for hydroxylation is 3. The highest BCUT2D eigenvalue weighted by Gasteiger charge is 2.14. The molecule has 1 N–H and O–H groups in total. The van der Waals surface area contributed by atoms with E-state index in [4.69, 9.17) is 10.1 Å². The largest absolute Gasteiger partial charge is 0.481 e. The molecule has 3 aromatic rings. The fourth-order valence-corrected chi connectivity index (χ4v) is 3.47. The normalized spacial score (nSPS) is 11.2. The summed E-state index contributed by atoms with van der Waals surface area (Å²) >= 11 is 1.68. The Hall–Kier alpha value is -2.14. The summed E-state index contributed by atoms with van der Waals surface area (Å²) < 4.78 is 2.23. The Kier molecular flexibility index (Phi) is 4.48. The molecule has 0 aliphatic heterocycles. The first-order valence-corrected chi connectivity index (χ1v) is 8.67. The summed E-state index contributed by atoms with van der Waals surface area (Å²) in [5, 5.41) is 10.9. The average molecular weight is 328 g/mol. The van der Waals surface area contributed by atoms with E-state index in [2.05, 4.69) is 42.0 Å². The molecule has 5 heteroatoms. The van der Waals surface area contributed by atoms with Gasteiger partial charge in [-0.2, -0.15) is 0 Å². The van der Waals surface area contributed by atoms with Gasteiger partial charge in [0.25, 0.3) is 0 Å². The van der Waals surface area contributed by atoms with Crippen molar-refractivity contribution in [2.45, 2.75) is 39.7 Å². The Balaban J connectivity index is 1.99. The van der Waals surface area contributed by atoms with Crippen molar-refractivity contribution in [2.75, 3.05) is 0 Å². The van der Waals surface area contributed by atoms with E-state index in [-0.39, 0.29) is 6.42 Å². The Morgan fingerprint density at radius 3 is 2.74 bits per heavy atom. The molecule has 0 aliphatic carbocycles. The summed E-state index contributed by atoms with van der Waals surface area (Å²) in [4.78, 5) is 16.7. The molecule has 2 heterocycles. The lowest BCUT2D eigenvalue weighted by molar-refractivity contribution is -0.137. The highest BCUT2D eigenvalue weighted by atomic mass is 32.1. The third kappa shape index (κ3) is 3.29. The number of aromatic nitrogens is 2.